The molecule has 0 saturated carbocycles. The molecular weight excluding hydrogens is 330 g/mol. The van der Waals surface area contributed by atoms with Crippen LogP contribution in [-0.2, 0) is 0 Å². The zero-order chi connectivity index (χ0) is 18.8. The van der Waals surface area contributed by atoms with Crippen molar-refractivity contribution < 1.29 is 19.7 Å². The molecular formula is C21H21NO4. The largest absolute Gasteiger partial charge is 0.504 e. The number of aromatic nitrogens is 1. The Morgan fingerprint density at radius 1 is 0.731 bits per heavy atom. The van der Waals surface area contributed by atoms with Gasteiger partial charge >= 0.3 is 0 Å². The van der Waals surface area contributed by atoms with Crippen LogP contribution in [0.15, 0.2) is 42.5 Å². The van der Waals surface area contributed by atoms with Gasteiger partial charge in [0.2, 0.25) is 0 Å². The average molecular weight is 351 g/mol. The molecule has 2 aromatic carbocycles. The first-order valence-electron chi connectivity index (χ1n) is 8.17. The Labute approximate surface area is 152 Å². The number of phenols is 2. The molecule has 5 nitrogen and oxygen atoms in total. The number of rotatable bonds is 4. The maximum Gasteiger partial charge on any atom is 0.167 e. The Morgan fingerprint density at radius 3 is 1.54 bits per heavy atom. The van der Waals surface area contributed by atoms with Gasteiger partial charge in [0.25, 0.3) is 0 Å². The van der Waals surface area contributed by atoms with Crippen molar-refractivity contribution in [3.05, 3.63) is 53.6 Å². The molecule has 26 heavy (non-hydrogen) atoms. The third-order valence-corrected chi connectivity index (χ3v) is 4.18. The summed E-state index contributed by atoms with van der Waals surface area (Å²) < 4.78 is 10.5. The smallest absolute Gasteiger partial charge is 0.167 e. The Balaban J connectivity index is 2.17. The van der Waals surface area contributed by atoms with Gasteiger partial charge in [-0.1, -0.05) is 6.07 Å². The van der Waals surface area contributed by atoms with Crippen LogP contribution in [0.3, 0.4) is 0 Å². The predicted molar refractivity (Wildman–Crippen MR) is 101 cm³/mol. The molecule has 0 amide bonds. The molecule has 3 aromatic rings. The summed E-state index contributed by atoms with van der Waals surface area (Å²) in [7, 11) is 3.03. The number of aryl methyl sites for hydroxylation is 2. The van der Waals surface area contributed by atoms with E-state index in [-0.39, 0.29) is 11.5 Å². The van der Waals surface area contributed by atoms with Crippen molar-refractivity contribution in [2.45, 2.75) is 13.8 Å². The van der Waals surface area contributed by atoms with E-state index in [0.717, 1.165) is 11.1 Å². The molecule has 0 saturated heterocycles. The normalized spacial score (nSPS) is 10.6. The first-order valence-corrected chi connectivity index (χ1v) is 8.17. The van der Waals surface area contributed by atoms with E-state index in [4.69, 9.17) is 9.47 Å². The second-order valence-corrected chi connectivity index (χ2v) is 6.13. The van der Waals surface area contributed by atoms with Crippen LogP contribution in [0, 0.1) is 13.8 Å². The molecule has 0 spiro atoms. The van der Waals surface area contributed by atoms with Crippen LogP contribution in [-0.4, -0.2) is 29.4 Å². The van der Waals surface area contributed by atoms with Gasteiger partial charge in [0.15, 0.2) is 23.0 Å². The number of methoxy groups -OCH3 is 2. The van der Waals surface area contributed by atoms with E-state index in [1.54, 1.807) is 12.1 Å². The molecule has 0 aliphatic heterocycles. The first-order chi connectivity index (χ1) is 12.4. The SMILES string of the molecule is COc1cc(C)cc(-c2cccc(-c3cc(C)cc(OC)c3O)n2)c1O. The van der Waals surface area contributed by atoms with Crippen LogP contribution in [0.2, 0.25) is 0 Å². The highest BCUT2D eigenvalue weighted by atomic mass is 16.5. The van der Waals surface area contributed by atoms with Crippen molar-refractivity contribution in [2.24, 2.45) is 0 Å². The Hall–Kier alpha value is -3.21. The summed E-state index contributed by atoms with van der Waals surface area (Å²) in [6, 6.07) is 12.7. The second-order valence-electron chi connectivity index (χ2n) is 6.13. The van der Waals surface area contributed by atoms with Crippen LogP contribution in [0.1, 0.15) is 11.1 Å². The van der Waals surface area contributed by atoms with Crippen LogP contribution < -0.4 is 9.47 Å². The number of nitrogens with zero attached hydrogens (tertiary/aromatic N) is 1. The standard InChI is InChI=1S/C21H21NO4/c1-12-8-14(20(23)18(10-12)25-3)16-6-5-7-17(22-16)15-9-13(2)11-19(26-4)21(15)24/h5-11,23-24H,1-4H3. The summed E-state index contributed by atoms with van der Waals surface area (Å²) in [5.74, 6) is 0.863. The van der Waals surface area contributed by atoms with Gasteiger partial charge in [0.05, 0.1) is 25.6 Å². The number of phenolic OH excluding ortho intramolecular Hbond substituents is 2. The molecule has 0 atom stereocenters. The maximum atomic E-state index is 10.5. The summed E-state index contributed by atoms with van der Waals surface area (Å²) >= 11 is 0. The number of hydrogen-bond acceptors (Lipinski definition) is 5. The number of hydrogen-bond donors (Lipinski definition) is 2. The quantitative estimate of drug-likeness (QED) is 0.726. The fourth-order valence-electron chi connectivity index (χ4n) is 2.93. The summed E-state index contributed by atoms with van der Waals surface area (Å²) in [5.41, 5.74) is 4.21. The summed E-state index contributed by atoms with van der Waals surface area (Å²) in [6.07, 6.45) is 0. The summed E-state index contributed by atoms with van der Waals surface area (Å²) in [5, 5.41) is 20.9. The van der Waals surface area contributed by atoms with Crippen molar-refractivity contribution in [3.63, 3.8) is 0 Å². The van der Waals surface area contributed by atoms with Gasteiger partial charge in [0, 0.05) is 11.1 Å². The highest BCUT2D eigenvalue weighted by Gasteiger charge is 2.16. The number of aromatic hydroxyl groups is 2. The molecule has 0 aliphatic carbocycles. The lowest BCUT2D eigenvalue weighted by atomic mass is 10.0. The zero-order valence-electron chi connectivity index (χ0n) is 15.2. The highest BCUT2D eigenvalue weighted by Crippen LogP contribution is 2.40. The van der Waals surface area contributed by atoms with E-state index in [2.05, 4.69) is 4.98 Å². The minimum Gasteiger partial charge on any atom is -0.504 e. The molecule has 0 bridgehead atoms. The van der Waals surface area contributed by atoms with Gasteiger partial charge in [-0.25, -0.2) is 4.98 Å². The van der Waals surface area contributed by atoms with Gasteiger partial charge in [-0.2, -0.15) is 0 Å². The minimum atomic E-state index is 0.0359. The van der Waals surface area contributed by atoms with Gasteiger partial charge in [0.1, 0.15) is 0 Å². The third-order valence-electron chi connectivity index (χ3n) is 4.18. The molecule has 134 valence electrons. The maximum absolute atomic E-state index is 10.5. The van der Waals surface area contributed by atoms with Crippen molar-refractivity contribution in [1.82, 2.24) is 4.98 Å². The lowest BCUT2D eigenvalue weighted by Crippen LogP contribution is -1.93. The Morgan fingerprint density at radius 2 is 1.15 bits per heavy atom. The highest BCUT2D eigenvalue weighted by molar-refractivity contribution is 5.76. The molecule has 1 aromatic heterocycles. The molecule has 0 fully saturated rings. The summed E-state index contributed by atoms with van der Waals surface area (Å²) in [6.45, 7) is 3.85. The molecule has 0 aliphatic rings. The van der Waals surface area contributed by atoms with Gasteiger partial charge in [-0.15, -0.1) is 0 Å². The zero-order valence-corrected chi connectivity index (χ0v) is 15.2. The van der Waals surface area contributed by atoms with Crippen LogP contribution in [0.4, 0.5) is 0 Å². The topological polar surface area (TPSA) is 71.8 Å². The third kappa shape index (κ3) is 3.16. The monoisotopic (exact) mass is 351 g/mol. The Bertz CT molecular complexity index is 892. The van der Waals surface area contributed by atoms with Gasteiger partial charge < -0.3 is 19.7 Å². The molecule has 5 heteroatoms. The van der Waals surface area contributed by atoms with Crippen molar-refractivity contribution in [1.29, 1.82) is 0 Å². The van der Waals surface area contributed by atoms with Crippen LogP contribution >= 0.6 is 0 Å². The molecule has 0 radical (unpaired) electrons. The Kier molecular flexibility index (Phi) is 4.71. The molecule has 0 unspecified atom stereocenters. The number of benzene rings is 2. The molecule has 2 N–H and O–H groups in total. The molecule has 1 heterocycles. The van der Waals surface area contributed by atoms with E-state index >= 15 is 0 Å². The minimum absolute atomic E-state index is 0.0359. The summed E-state index contributed by atoms with van der Waals surface area (Å²) in [4.78, 5) is 4.64. The molecule has 3 rings (SSSR count). The number of pyridine rings is 1. The van der Waals surface area contributed by atoms with Crippen LogP contribution in [0.25, 0.3) is 22.5 Å². The van der Waals surface area contributed by atoms with Gasteiger partial charge in [-0.3, -0.25) is 0 Å². The average Bonchev–Trinajstić information content (AvgIpc) is 2.64. The first kappa shape index (κ1) is 17.6. The van der Waals surface area contributed by atoms with Crippen LogP contribution in [0.5, 0.6) is 23.0 Å². The van der Waals surface area contributed by atoms with Crippen molar-refractivity contribution in [3.8, 4) is 45.5 Å². The van der Waals surface area contributed by atoms with E-state index < -0.39 is 0 Å². The predicted octanol–water partition coefficient (Wildman–Crippen LogP) is 4.46. The second kappa shape index (κ2) is 6.96. The lowest BCUT2D eigenvalue weighted by molar-refractivity contribution is 0.374. The fourth-order valence-corrected chi connectivity index (χ4v) is 2.93. The van der Waals surface area contributed by atoms with Crippen molar-refractivity contribution >= 4 is 0 Å². The van der Waals surface area contributed by atoms with Crippen molar-refractivity contribution in [2.75, 3.05) is 14.2 Å². The van der Waals surface area contributed by atoms with E-state index in [1.807, 2.05) is 44.2 Å². The fraction of sp³-hybridized carbons (Fsp3) is 0.190. The van der Waals surface area contributed by atoms with E-state index in [9.17, 15) is 10.2 Å². The van der Waals surface area contributed by atoms with Gasteiger partial charge in [-0.05, 0) is 61.4 Å². The lowest BCUT2D eigenvalue weighted by Gasteiger charge is -2.13. The van der Waals surface area contributed by atoms with E-state index in [1.165, 1.54) is 14.2 Å². The number of ether oxygens (including phenoxy) is 2. The van der Waals surface area contributed by atoms with E-state index in [0.29, 0.717) is 34.0 Å².